The Morgan fingerprint density at radius 3 is 2.74 bits per heavy atom. The lowest BCUT2D eigenvalue weighted by molar-refractivity contribution is -0.385. The summed E-state index contributed by atoms with van der Waals surface area (Å²) in [5.41, 5.74) is 1.11. The van der Waals surface area contributed by atoms with E-state index in [0.717, 1.165) is 5.56 Å². The quantitative estimate of drug-likeness (QED) is 0.621. The molecule has 0 fully saturated rings. The molecule has 94 valence electrons. The van der Waals surface area contributed by atoms with Crippen LogP contribution in [0.15, 0.2) is 36.5 Å². The minimum Gasteiger partial charge on any atom is -0.432 e. The summed E-state index contributed by atoms with van der Waals surface area (Å²) in [5, 5.41) is 19.5. The van der Waals surface area contributed by atoms with Gasteiger partial charge in [-0.3, -0.25) is 10.1 Å². The van der Waals surface area contributed by atoms with Gasteiger partial charge in [-0.1, -0.05) is 6.07 Å². The standard InChI is InChI=1S/C13H9N3O3/c1-9-2-4-11(16(17)18)12(6-9)19-13-5-3-10(7-14)8-15-13/h2-6,8H,1H3. The Morgan fingerprint density at radius 2 is 2.16 bits per heavy atom. The zero-order chi connectivity index (χ0) is 13.8. The normalized spacial score (nSPS) is 9.68. The molecule has 19 heavy (non-hydrogen) atoms. The summed E-state index contributed by atoms with van der Waals surface area (Å²) in [4.78, 5) is 14.3. The van der Waals surface area contributed by atoms with Crippen molar-refractivity contribution in [1.29, 1.82) is 5.26 Å². The molecule has 1 aromatic heterocycles. The second kappa shape index (κ2) is 5.14. The van der Waals surface area contributed by atoms with Crippen molar-refractivity contribution in [3.63, 3.8) is 0 Å². The lowest BCUT2D eigenvalue weighted by Gasteiger charge is -2.06. The fourth-order valence-corrected chi connectivity index (χ4v) is 1.47. The Labute approximate surface area is 109 Å². The van der Waals surface area contributed by atoms with E-state index in [-0.39, 0.29) is 17.3 Å². The molecule has 2 aromatic rings. The van der Waals surface area contributed by atoms with E-state index in [2.05, 4.69) is 4.98 Å². The van der Waals surface area contributed by atoms with Crippen molar-refractivity contribution < 1.29 is 9.66 Å². The topological polar surface area (TPSA) is 89.0 Å². The van der Waals surface area contributed by atoms with Crippen LogP contribution in [0.1, 0.15) is 11.1 Å². The molecule has 0 radical (unpaired) electrons. The predicted molar refractivity (Wildman–Crippen MR) is 66.9 cm³/mol. The largest absolute Gasteiger partial charge is 0.432 e. The molecular weight excluding hydrogens is 246 g/mol. The van der Waals surface area contributed by atoms with E-state index in [1.165, 1.54) is 24.4 Å². The second-order valence-corrected chi connectivity index (χ2v) is 3.83. The van der Waals surface area contributed by atoms with Gasteiger partial charge < -0.3 is 4.74 Å². The maximum absolute atomic E-state index is 10.9. The molecule has 0 aliphatic rings. The maximum Gasteiger partial charge on any atom is 0.311 e. The molecule has 0 unspecified atom stereocenters. The highest BCUT2D eigenvalue weighted by Gasteiger charge is 2.16. The van der Waals surface area contributed by atoms with Crippen LogP contribution in [0.2, 0.25) is 0 Å². The first-order valence-electron chi connectivity index (χ1n) is 5.39. The monoisotopic (exact) mass is 255 g/mol. The number of nitro groups is 1. The van der Waals surface area contributed by atoms with Crippen LogP contribution >= 0.6 is 0 Å². The summed E-state index contributed by atoms with van der Waals surface area (Å²) in [6, 6.07) is 9.54. The fourth-order valence-electron chi connectivity index (χ4n) is 1.47. The summed E-state index contributed by atoms with van der Waals surface area (Å²) in [5.74, 6) is 0.329. The Hall–Kier alpha value is -2.94. The van der Waals surface area contributed by atoms with Crippen molar-refractivity contribution in [1.82, 2.24) is 4.98 Å². The van der Waals surface area contributed by atoms with E-state index < -0.39 is 4.92 Å². The molecule has 6 nitrogen and oxygen atoms in total. The van der Waals surface area contributed by atoms with E-state index in [1.54, 1.807) is 12.1 Å². The molecule has 0 aliphatic carbocycles. The third-order valence-corrected chi connectivity index (χ3v) is 2.39. The third kappa shape index (κ3) is 2.84. The van der Waals surface area contributed by atoms with E-state index >= 15 is 0 Å². The Balaban J connectivity index is 2.34. The predicted octanol–water partition coefficient (Wildman–Crippen LogP) is 2.96. The smallest absolute Gasteiger partial charge is 0.311 e. The van der Waals surface area contributed by atoms with Crippen LogP contribution in [0.4, 0.5) is 5.69 Å². The van der Waals surface area contributed by atoms with Crippen molar-refractivity contribution in [2.24, 2.45) is 0 Å². The SMILES string of the molecule is Cc1ccc([N+](=O)[O-])c(Oc2ccc(C#N)cn2)c1. The van der Waals surface area contributed by atoms with Crippen molar-refractivity contribution in [2.45, 2.75) is 6.92 Å². The van der Waals surface area contributed by atoms with Crippen molar-refractivity contribution >= 4 is 5.69 Å². The van der Waals surface area contributed by atoms with Gasteiger partial charge in [0.05, 0.1) is 10.5 Å². The van der Waals surface area contributed by atoms with Gasteiger partial charge >= 0.3 is 5.69 Å². The Bertz CT molecular complexity index is 660. The first-order valence-corrected chi connectivity index (χ1v) is 5.39. The molecule has 1 heterocycles. The van der Waals surface area contributed by atoms with Crippen molar-refractivity contribution in [2.75, 3.05) is 0 Å². The van der Waals surface area contributed by atoms with E-state index in [4.69, 9.17) is 10.00 Å². The highest BCUT2D eigenvalue weighted by atomic mass is 16.6. The van der Waals surface area contributed by atoms with Crippen LogP contribution in [-0.4, -0.2) is 9.91 Å². The van der Waals surface area contributed by atoms with Gasteiger partial charge in [-0.25, -0.2) is 4.98 Å². The zero-order valence-electron chi connectivity index (χ0n) is 10.0. The van der Waals surface area contributed by atoms with Gasteiger partial charge in [-0.2, -0.15) is 5.26 Å². The van der Waals surface area contributed by atoms with Gasteiger partial charge in [0.2, 0.25) is 11.6 Å². The first-order chi connectivity index (χ1) is 9.10. The second-order valence-electron chi connectivity index (χ2n) is 3.83. The zero-order valence-corrected chi connectivity index (χ0v) is 10.0. The van der Waals surface area contributed by atoms with Crippen LogP contribution in [0.25, 0.3) is 0 Å². The molecule has 0 N–H and O–H groups in total. The average molecular weight is 255 g/mol. The number of hydrogen-bond donors (Lipinski definition) is 0. The number of hydrogen-bond acceptors (Lipinski definition) is 5. The number of aromatic nitrogens is 1. The molecule has 0 saturated carbocycles. The van der Waals surface area contributed by atoms with Gasteiger partial charge in [-0.05, 0) is 24.6 Å². The van der Waals surface area contributed by atoms with Crippen molar-refractivity contribution in [3.05, 3.63) is 57.8 Å². The molecule has 2 rings (SSSR count). The molecule has 0 amide bonds. The molecule has 1 aromatic carbocycles. The van der Waals surface area contributed by atoms with Crippen LogP contribution < -0.4 is 4.74 Å². The van der Waals surface area contributed by atoms with E-state index in [1.807, 2.05) is 13.0 Å². The summed E-state index contributed by atoms with van der Waals surface area (Å²) in [6.45, 7) is 1.81. The molecule has 0 saturated heterocycles. The minimum atomic E-state index is -0.515. The number of pyridine rings is 1. The third-order valence-electron chi connectivity index (χ3n) is 2.39. The highest BCUT2D eigenvalue weighted by molar-refractivity contribution is 5.49. The highest BCUT2D eigenvalue weighted by Crippen LogP contribution is 2.31. The summed E-state index contributed by atoms with van der Waals surface area (Å²) in [6.07, 6.45) is 1.34. The van der Waals surface area contributed by atoms with E-state index in [0.29, 0.717) is 5.56 Å². The Kier molecular flexibility index (Phi) is 3.39. The number of aryl methyl sites for hydroxylation is 1. The van der Waals surface area contributed by atoms with Gasteiger partial charge in [0.15, 0.2) is 0 Å². The van der Waals surface area contributed by atoms with Crippen molar-refractivity contribution in [3.8, 4) is 17.7 Å². The van der Waals surface area contributed by atoms with Crippen LogP contribution in [0.5, 0.6) is 11.6 Å². The lowest BCUT2D eigenvalue weighted by atomic mass is 10.2. The molecular formula is C13H9N3O3. The number of nitro benzene ring substituents is 1. The number of nitriles is 1. The van der Waals surface area contributed by atoms with Crippen LogP contribution in [-0.2, 0) is 0 Å². The van der Waals surface area contributed by atoms with Gasteiger partial charge in [-0.15, -0.1) is 0 Å². The molecule has 0 aliphatic heterocycles. The number of benzene rings is 1. The molecule has 6 heteroatoms. The lowest BCUT2D eigenvalue weighted by Crippen LogP contribution is -1.95. The maximum atomic E-state index is 10.9. The molecule has 0 bridgehead atoms. The number of ether oxygens (including phenoxy) is 1. The van der Waals surface area contributed by atoms with Gasteiger partial charge in [0.1, 0.15) is 6.07 Å². The fraction of sp³-hybridized carbons (Fsp3) is 0.0769. The number of rotatable bonds is 3. The Morgan fingerprint density at radius 1 is 1.37 bits per heavy atom. The van der Waals surface area contributed by atoms with Crippen LogP contribution in [0.3, 0.4) is 0 Å². The van der Waals surface area contributed by atoms with Crippen LogP contribution in [0, 0.1) is 28.4 Å². The summed E-state index contributed by atoms with van der Waals surface area (Å²) in [7, 11) is 0. The van der Waals surface area contributed by atoms with E-state index in [9.17, 15) is 10.1 Å². The van der Waals surface area contributed by atoms with Gasteiger partial charge in [0.25, 0.3) is 0 Å². The first kappa shape index (κ1) is 12.5. The summed E-state index contributed by atoms with van der Waals surface area (Å²) < 4.78 is 5.39. The average Bonchev–Trinajstić information content (AvgIpc) is 2.39. The molecule has 0 atom stereocenters. The number of nitrogens with zero attached hydrogens (tertiary/aromatic N) is 3. The summed E-state index contributed by atoms with van der Waals surface area (Å²) >= 11 is 0. The van der Waals surface area contributed by atoms with Gasteiger partial charge in [0, 0.05) is 18.3 Å². The minimum absolute atomic E-state index is 0.127. The molecule has 0 spiro atoms.